The van der Waals surface area contributed by atoms with Crippen molar-refractivity contribution < 1.29 is 14.3 Å². The van der Waals surface area contributed by atoms with Gasteiger partial charge in [0, 0.05) is 5.92 Å². The first-order chi connectivity index (χ1) is 15.5. The Morgan fingerprint density at radius 2 is 1.28 bits per heavy atom. The number of amides is 1. The molecule has 3 aromatic rings. The Morgan fingerprint density at radius 3 is 1.62 bits per heavy atom. The maximum absolute atomic E-state index is 14.2. The van der Waals surface area contributed by atoms with Crippen LogP contribution in [-0.4, -0.2) is 25.0 Å². The molecule has 3 aromatic carbocycles. The fourth-order valence-electron chi connectivity index (χ4n) is 3.99. The highest BCUT2D eigenvalue weighted by Gasteiger charge is 2.45. The van der Waals surface area contributed by atoms with Gasteiger partial charge >= 0.3 is 5.97 Å². The molecule has 1 amide bonds. The average molecular weight is 427 g/mol. The smallest absolute Gasteiger partial charge is 0.328 e. The average Bonchev–Trinajstić information content (AvgIpc) is 2.85. The van der Waals surface area contributed by atoms with E-state index < -0.39 is 23.3 Å². The maximum atomic E-state index is 14.2. The van der Waals surface area contributed by atoms with Gasteiger partial charge in [0.2, 0.25) is 5.91 Å². The number of rotatable bonds is 8. The molecule has 0 aliphatic heterocycles. The van der Waals surface area contributed by atoms with Crippen molar-refractivity contribution in [2.45, 2.75) is 24.8 Å². The monoisotopic (exact) mass is 426 g/mol. The molecular weight excluding hydrogens is 400 g/mol. The molecule has 0 aromatic heterocycles. The highest BCUT2D eigenvalue weighted by molar-refractivity contribution is 5.98. The quantitative estimate of drug-likeness (QED) is 0.432. The van der Waals surface area contributed by atoms with Crippen molar-refractivity contribution in [1.82, 2.24) is 5.32 Å². The molecule has 0 bridgehead atoms. The number of benzene rings is 3. The first kappa shape index (κ1) is 22.8. The van der Waals surface area contributed by atoms with Crippen molar-refractivity contribution in [3.63, 3.8) is 0 Å². The van der Waals surface area contributed by atoms with Gasteiger partial charge in [0.05, 0.1) is 13.2 Å². The van der Waals surface area contributed by atoms with Crippen LogP contribution in [0.2, 0.25) is 0 Å². The third-order valence-corrected chi connectivity index (χ3v) is 5.56. The number of nitrogens with one attached hydrogen (secondary N) is 1. The summed E-state index contributed by atoms with van der Waals surface area (Å²) in [6.45, 7) is 1.71. The van der Waals surface area contributed by atoms with E-state index in [1.54, 1.807) is 6.92 Å². The molecule has 0 saturated heterocycles. The highest BCUT2D eigenvalue weighted by Crippen LogP contribution is 2.39. The number of carbonyl (C=O) groups excluding carboxylic acids is 2. The fraction of sp³-hybridized carbons (Fsp3) is 0.222. The molecular formula is C27H26N2O3. The number of nitrogens with zero attached hydrogens (tertiary/aromatic N) is 1. The van der Waals surface area contributed by atoms with E-state index in [9.17, 15) is 14.9 Å². The Hall–Kier alpha value is -3.91. The highest BCUT2D eigenvalue weighted by atomic mass is 16.5. The summed E-state index contributed by atoms with van der Waals surface area (Å²) in [7, 11) is 1.28. The van der Waals surface area contributed by atoms with E-state index in [4.69, 9.17) is 4.74 Å². The van der Waals surface area contributed by atoms with Crippen LogP contribution in [0.15, 0.2) is 91.0 Å². The third kappa shape index (κ3) is 4.55. The van der Waals surface area contributed by atoms with Crippen molar-refractivity contribution in [2.24, 2.45) is 5.92 Å². The van der Waals surface area contributed by atoms with E-state index in [1.807, 2.05) is 91.0 Å². The Bertz CT molecular complexity index is 979. The lowest BCUT2D eigenvalue weighted by Gasteiger charge is -2.35. The molecule has 2 atom stereocenters. The van der Waals surface area contributed by atoms with Crippen LogP contribution in [0.1, 0.15) is 30.0 Å². The molecule has 5 nitrogen and oxygen atoms in total. The zero-order chi connectivity index (χ0) is 23.0. The summed E-state index contributed by atoms with van der Waals surface area (Å²) >= 11 is 0. The predicted molar refractivity (Wildman–Crippen MR) is 123 cm³/mol. The normalized spacial score (nSPS) is 12.8. The topological polar surface area (TPSA) is 79.2 Å². The maximum Gasteiger partial charge on any atom is 0.328 e. The standard InChI is InChI=1S/C27H26N2O3/c1-20(19-28)18-24(25(30)32-2)29-26(31)27(21-12-6-3-7-13-21,22-14-8-4-9-15-22)23-16-10-5-11-17-23/h3-17,20,24H,18H2,1-2H3,(H,29,31)/t20-,24-/m0/s1. The first-order valence-corrected chi connectivity index (χ1v) is 10.5. The molecule has 0 aliphatic carbocycles. The molecule has 0 fully saturated rings. The minimum absolute atomic E-state index is 0.156. The van der Waals surface area contributed by atoms with Crippen LogP contribution >= 0.6 is 0 Å². The molecule has 3 rings (SSSR count). The van der Waals surface area contributed by atoms with Gasteiger partial charge in [-0.05, 0) is 30.0 Å². The van der Waals surface area contributed by atoms with Crippen LogP contribution in [0.5, 0.6) is 0 Å². The summed E-state index contributed by atoms with van der Waals surface area (Å²) in [6.07, 6.45) is 0.156. The Morgan fingerprint density at radius 1 is 0.875 bits per heavy atom. The number of hydrogen-bond donors (Lipinski definition) is 1. The SMILES string of the molecule is COC(=O)[C@H](C[C@H](C)C#N)NC(=O)C(c1ccccc1)(c1ccccc1)c1ccccc1. The van der Waals surface area contributed by atoms with E-state index in [1.165, 1.54) is 7.11 Å². The number of methoxy groups -OCH3 is 1. The van der Waals surface area contributed by atoms with Gasteiger partial charge in [-0.25, -0.2) is 4.79 Å². The van der Waals surface area contributed by atoms with Gasteiger partial charge in [-0.3, -0.25) is 4.79 Å². The van der Waals surface area contributed by atoms with Crippen LogP contribution in [-0.2, 0) is 19.7 Å². The van der Waals surface area contributed by atoms with E-state index >= 15 is 0 Å². The lowest BCUT2D eigenvalue weighted by Crippen LogP contribution is -2.52. The van der Waals surface area contributed by atoms with Crippen molar-refractivity contribution in [3.05, 3.63) is 108 Å². The predicted octanol–water partition coefficient (Wildman–Crippen LogP) is 4.23. The molecule has 0 saturated carbocycles. The summed E-state index contributed by atoms with van der Waals surface area (Å²) in [6, 6.07) is 29.6. The van der Waals surface area contributed by atoms with E-state index in [0.29, 0.717) is 0 Å². The van der Waals surface area contributed by atoms with Crippen LogP contribution in [0.25, 0.3) is 0 Å². The summed E-state index contributed by atoms with van der Waals surface area (Å²) < 4.78 is 4.93. The van der Waals surface area contributed by atoms with Crippen LogP contribution in [0.4, 0.5) is 0 Å². The number of nitriles is 1. The minimum Gasteiger partial charge on any atom is -0.467 e. The second-order valence-corrected chi connectivity index (χ2v) is 7.66. The molecule has 5 heteroatoms. The van der Waals surface area contributed by atoms with Crippen LogP contribution in [0, 0.1) is 17.2 Å². The van der Waals surface area contributed by atoms with Gasteiger partial charge in [-0.15, -0.1) is 0 Å². The largest absolute Gasteiger partial charge is 0.467 e. The van der Waals surface area contributed by atoms with Crippen molar-refractivity contribution in [2.75, 3.05) is 7.11 Å². The van der Waals surface area contributed by atoms with E-state index in [0.717, 1.165) is 16.7 Å². The number of esters is 1. The number of ether oxygens (including phenoxy) is 1. The minimum atomic E-state index is -1.20. The van der Waals surface area contributed by atoms with E-state index in [-0.39, 0.29) is 12.3 Å². The van der Waals surface area contributed by atoms with Gasteiger partial charge in [0.1, 0.15) is 11.5 Å². The van der Waals surface area contributed by atoms with Gasteiger partial charge < -0.3 is 10.1 Å². The van der Waals surface area contributed by atoms with Gasteiger partial charge in [0.25, 0.3) is 0 Å². The second-order valence-electron chi connectivity index (χ2n) is 7.66. The molecule has 0 heterocycles. The second kappa shape index (κ2) is 10.4. The first-order valence-electron chi connectivity index (χ1n) is 10.5. The molecule has 0 radical (unpaired) electrons. The van der Waals surface area contributed by atoms with Gasteiger partial charge in [-0.1, -0.05) is 91.0 Å². The van der Waals surface area contributed by atoms with Crippen molar-refractivity contribution in [3.8, 4) is 6.07 Å². The Labute approximate surface area is 188 Å². The number of hydrogen-bond acceptors (Lipinski definition) is 4. The fourth-order valence-corrected chi connectivity index (χ4v) is 3.99. The third-order valence-electron chi connectivity index (χ3n) is 5.56. The van der Waals surface area contributed by atoms with Crippen molar-refractivity contribution >= 4 is 11.9 Å². The zero-order valence-corrected chi connectivity index (χ0v) is 18.2. The molecule has 162 valence electrons. The van der Waals surface area contributed by atoms with Crippen LogP contribution < -0.4 is 5.32 Å². The molecule has 0 spiro atoms. The van der Waals surface area contributed by atoms with Crippen LogP contribution in [0.3, 0.4) is 0 Å². The van der Waals surface area contributed by atoms with Gasteiger partial charge in [-0.2, -0.15) is 5.26 Å². The van der Waals surface area contributed by atoms with E-state index in [2.05, 4.69) is 11.4 Å². The molecule has 0 aliphatic rings. The summed E-state index contributed by atoms with van der Waals surface area (Å²) in [4.78, 5) is 26.7. The zero-order valence-electron chi connectivity index (χ0n) is 18.2. The van der Waals surface area contributed by atoms with Crippen molar-refractivity contribution in [1.29, 1.82) is 5.26 Å². The lowest BCUT2D eigenvalue weighted by molar-refractivity contribution is -0.145. The van der Waals surface area contributed by atoms with Gasteiger partial charge in [0.15, 0.2) is 0 Å². The Kier molecular flexibility index (Phi) is 7.41. The summed E-state index contributed by atoms with van der Waals surface area (Å²) in [5, 5.41) is 12.2. The molecule has 32 heavy (non-hydrogen) atoms. The number of carbonyl (C=O) groups is 2. The Balaban J connectivity index is 2.21. The summed E-state index contributed by atoms with van der Waals surface area (Å²) in [5.74, 6) is -1.37. The lowest BCUT2D eigenvalue weighted by atomic mass is 9.68. The summed E-state index contributed by atoms with van der Waals surface area (Å²) in [5.41, 5.74) is 1.11. The molecule has 0 unspecified atom stereocenters. The molecule has 1 N–H and O–H groups in total.